The summed E-state index contributed by atoms with van der Waals surface area (Å²) in [4.78, 5) is 40.0. The van der Waals surface area contributed by atoms with Crippen molar-refractivity contribution in [1.82, 2.24) is 28.9 Å². The van der Waals surface area contributed by atoms with Crippen LogP contribution >= 0.6 is 0 Å². The summed E-state index contributed by atoms with van der Waals surface area (Å²) in [5.41, 5.74) is 6.81. The van der Waals surface area contributed by atoms with E-state index in [2.05, 4.69) is 27.9 Å². The molecule has 2 fully saturated rings. The second kappa shape index (κ2) is 12.2. The normalized spacial score (nSPS) is 17.2. The van der Waals surface area contributed by atoms with Gasteiger partial charge in [-0.2, -0.15) is 5.26 Å². The molecule has 2 aliphatic rings. The molecular weight excluding hydrogens is 572 g/mol. The van der Waals surface area contributed by atoms with Crippen LogP contribution in [0.5, 0.6) is 11.5 Å². The first-order chi connectivity index (χ1) is 21.7. The highest BCUT2D eigenvalue weighted by molar-refractivity contribution is 5.98. The lowest BCUT2D eigenvalue weighted by atomic mass is 9.94. The third-order valence-corrected chi connectivity index (χ3v) is 8.60. The van der Waals surface area contributed by atoms with E-state index in [1.165, 1.54) is 15.5 Å². The van der Waals surface area contributed by atoms with Crippen molar-refractivity contribution in [3.63, 3.8) is 0 Å². The first-order valence-electron chi connectivity index (χ1n) is 15.0. The van der Waals surface area contributed by atoms with Gasteiger partial charge in [0.25, 0.3) is 5.91 Å². The number of hydrogen-bond donors (Lipinski definition) is 1. The van der Waals surface area contributed by atoms with Crippen LogP contribution in [0, 0.1) is 11.3 Å². The van der Waals surface area contributed by atoms with Gasteiger partial charge in [-0.25, -0.2) is 14.8 Å². The Morgan fingerprint density at radius 3 is 2.47 bits per heavy atom. The quantitative estimate of drug-likeness (QED) is 0.211. The van der Waals surface area contributed by atoms with E-state index in [0.717, 1.165) is 6.54 Å². The minimum atomic E-state index is -0.523. The summed E-state index contributed by atoms with van der Waals surface area (Å²) in [6.45, 7) is 8.79. The van der Waals surface area contributed by atoms with Crippen LogP contribution in [0.1, 0.15) is 27.2 Å². The van der Waals surface area contributed by atoms with E-state index in [1.807, 2.05) is 44.2 Å². The number of nitrogens with zero attached hydrogens (tertiary/aromatic N) is 7. The second-order valence-corrected chi connectivity index (χ2v) is 11.8. The molecule has 6 rings (SSSR count). The minimum Gasteiger partial charge on any atom is -0.457 e. The van der Waals surface area contributed by atoms with Crippen LogP contribution in [0.2, 0.25) is 0 Å². The molecule has 4 heterocycles. The second-order valence-electron chi connectivity index (χ2n) is 11.8. The lowest BCUT2D eigenvalue weighted by Crippen LogP contribution is -2.57. The number of nitriles is 1. The number of fused-ring (bicyclic) bond motifs is 1. The maximum absolute atomic E-state index is 13.9. The van der Waals surface area contributed by atoms with Gasteiger partial charge in [0.1, 0.15) is 35.0 Å². The Morgan fingerprint density at radius 1 is 1.16 bits per heavy atom. The van der Waals surface area contributed by atoms with Crippen LogP contribution in [0.15, 0.2) is 77.4 Å². The molecule has 0 aliphatic carbocycles. The molecule has 1 unspecified atom stereocenters. The van der Waals surface area contributed by atoms with Crippen LogP contribution in [0.3, 0.4) is 0 Å². The number of likely N-dealkylation sites (tertiary alicyclic amines) is 1. The van der Waals surface area contributed by atoms with Crippen molar-refractivity contribution in [3.8, 4) is 23.3 Å². The zero-order valence-corrected chi connectivity index (χ0v) is 25.6. The van der Waals surface area contributed by atoms with E-state index >= 15 is 0 Å². The molecular formula is C33H36N8O4. The number of ether oxygens (including phenoxy) is 2. The summed E-state index contributed by atoms with van der Waals surface area (Å²) in [5, 5.41) is 10.0. The molecule has 12 nitrogen and oxygen atoms in total. The van der Waals surface area contributed by atoms with Crippen molar-refractivity contribution in [2.75, 3.05) is 32.0 Å². The van der Waals surface area contributed by atoms with Gasteiger partial charge >= 0.3 is 5.69 Å². The Hall–Kier alpha value is -4.99. The van der Waals surface area contributed by atoms with Gasteiger partial charge in [-0.15, -0.1) is 0 Å². The predicted molar refractivity (Wildman–Crippen MR) is 169 cm³/mol. The van der Waals surface area contributed by atoms with Crippen molar-refractivity contribution in [3.05, 3.63) is 83.1 Å². The number of hydrogen-bond acceptors (Lipinski definition) is 9. The van der Waals surface area contributed by atoms with Crippen molar-refractivity contribution in [2.24, 2.45) is 0 Å². The summed E-state index contributed by atoms with van der Waals surface area (Å²) in [5.74, 6) is 1.13. The summed E-state index contributed by atoms with van der Waals surface area (Å²) in [6.07, 6.45) is 3.76. The van der Waals surface area contributed by atoms with Crippen LogP contribution in [0.4, 0.5) is 5.82 Å². The van der Waals surface area contributed by atoms with Gasteiger partial charge in [0.05, 0.1) is 31.0 Å². The number of aromatic nitrogens is 4. The SMILES string of the molecule is CCN(C1COC1)C(C)(C)C=C(C#N)C(=O)N1CCC1Cn1c(=O)n(-c2ccc(Oc3ccccc3)cc2)c2c(N)ncnc21. The molecule has 1 amide bonds. The minimum absolute atomic E-state index is 0.0857. The molecule has 2 saturated heterocycles. The lowest BCUT2D eigenvalue weighted by molar-refractivity contribution is -0.134. The van der Waals surface area contributed by atoms with E-state index in [4.69, 9.17) is 15.2 Å². The van der Waals surface area contributed by atoms with Crippen molar-refractivity contribution >= 4 is 22.9 Å². The average Bonchev–Trinajstić information content (AvgIpc) is 3.28. The number of rotatable bonds is 10. The monoisotopic (exact) mass is 608 g/mol. The molecule has 0 saturated carbocycles. The van der Waals surface area contributed by atoms with E-state index in [1.54, 1.807) is 35.2 Å². The number of nitrogen functional groups attached to an aromatic ring is 1. The summed E-state index contributed by atoms with van der Waals surface area (Å²) < 4.78 is 14.3. The molecule has 0 bridgehead atoms. The number of amides is 1. The van der Waals surface area contributed by atoms with E-state index in [-0.39, 0.29) is 41.6 Å². The van der Waals surface area contributed by atoms with Gasteiger partial charge in [0, 0.05) is 18.6 Å². The van der Waals surface area contributed by atoms with Gasteiger partial charge in [-0.3, -0.25) is 18.8 Å². The molecule has 232 valence electrons. The first kappa shape index (κ1) is 30.1. The first-order valence-corrected chi connectivity index (χ1v) is 15.0. The van der Waals surface area contributed by atoms with Crippen LogP contribution < -0.4 is 16.2 Å². The van der Waals surface area contributed by atoms with E-state index in [0.29, 0.717) is 54.5 Å². The highest BCUT2D eigenvalue weighted by atomic mass is 16.5. The van der Waals surface area contributed by atoms with Gasteiger partial charge in [-0.1, -0.05) is 25.1 Å². The zero-order valence-electron chi connectivity index (χ0n) is 25.6. The molecule has 2 N–H and O–H groups in total. The lowest BCUT2D eigenvalue weighted by Gasteiger charge is -2.45. The number of benzene rings is 2. The number of anilines is 1. The van der Waals surface area contributed by atoms with Crippen molar-refractivity contribution in [1.29, 1.82) is 5.26 Å². The van der Waals surface area contributed by atoms with E-state index < -0.39 is 5.54 Å². The fourth-order valence-electron chi connectivity index (χ4n) is 6.17. The average molecular weight is 609 g/mol. The summed E-state index contributed by atoms with van der Waals surface area (Å²) in [6, 6.07) is 18.6. The highest BCUT2D eigenvalue weighted by Gasteiger charge is 2.38. The highest BCUT2D eigenvalue weighted by Crippen LogP contribution is 2.29. The molecule has 4 aromatic rings. The number of carbonyl (C=O) groups is 1. The molecule has 2 aromatic heterocycles. The fourth-order valence-corrected chi connectivity index (χ4v) is 6.17. The third kappa shape index (κ3) is 5.68. The smallest absolute Gasteiger partial charge is 0.335 e. The number of carbonyl (C=O) groups excluding carboxylic acids is 1. The zero-order chi connectivity index (χ0) is 31.7. The maximum atomic E-state index is 13.9. The van der Waals surface area contributed by atoms with Crippen molar-refractivity contribution < 1.29 is 14.3 Å². The topological polar surface area (TPSA) is 145 Å². The van der Waals surface area contributed by atoms with Crippen LogP contribution in [0.25, 0.3) is 16.9 Å². The van der Waals surface area contributed by atoms with Gasteiger partial charge < -0.3 is 20.1 Å². The Balaban J connectivity index is 1.26. The fraction of sp³-hybridized carbons (Fsp3) is 0.364. The molecule has 0 spiro atoms. The van der Waals surface area contributed by atoms with Gasteiger partial charge in [0.2, 0.25) is 0 Å². The Labute approximate surface area is 260 Å². The molecule has 0 radical (unpaired) electrons. The van der Waals surface area contributed by atoms with Crippen LogP contribution in [-0.4, -0.2) is 78.7 Å². The molecule has 1 atom stereocenters. The summed E-state index contributed by atoms with van der Waals surface area (Å²) in [7, 11) is 0. The Kier molecular flexibility index (Phi) is 8.14. The molecule has 2 aromatic carbocycles. The van der Waals surface area contributed by atoms with Crippen molar-refractivity contribution in [2.45, 2.75) is 51.4 Å². The van der Waals surface area contributed by atoms with Gasteiger partial charge in [-0.05, 0) is 69.3 Å². The van der Waals surface area contributed by atoms with Crippen LogP contribution in [-0.2, 0) is 16.1 Å². The number of imidazole rings is 1. The number of nitrogens with two attached hydrogens (primary N) is 1. The Morgan fingerprint density at radius 2 is 1.87 bits per heavy atom. The number of likely N-dealkylation sites (N-methyl/N-ethyl adjacent to an activating group) is 1. The Bertz CT molecular complexity index is 1830. The predicted octanol–water partition coefficient (Wildman–Crippen LogP) is 3.51. The van der Waals surface area contributed by atoms with Gasteiger partial charge in [0.15, 0.2) is 11.5 Å². The molecule has 2 aliphatic heterocycles. The molecule has 12 heteroatoms. The summed E-state index contributed by atoms with van der Waals surface area (Å²) >= 11 is 0. The van der Waals surface area contributed by atoms with E-state index in [9.17, 15) is 14.9 Å². The molecule has 45 heavy (non-hydrogen) atoms. The maximum Gasteiger partial charge on any atom is 0.335 e. The number of para-hydroxylation sites is 1. The standard InChI is InChI=1S/C33H36N8O4/c1-4-40(25-19-44-20-25)33(2,3)16-22(17-34)31(42)38-15-14-24(38)18-39-30-28(29(35)36-21-37-30)41(32(39)43)23-10-12-27(13-11-23)45-26-8-6-5-7-9-26/h5-13,16,21,24-25H,4,14-15,18-20H2,1-3H3,(H2,35,36,37). The third-order valence-electron chi connectivity index (χ3n) is 8.60. The largest absolute Gasteiger partial charge is 0.457 e.